The first-order valence-corrected chi connectivity index (χ1v) is 7.41. The van der Waals surface area contributed by atoms with Gasteiger partial charge in [0.25, 0.3) is 0 Å². The summed E-state index contributed by atoms with van der Waals surface area (Å²) in [6.07, 6.45) is 3.81. The third kappa shape index (κ3) is 6.69. The Hall–Kier alpha value is -0.160. The molecule has 1 N–H and O–H groups in total. The van der Waals surface area contributed by atoms with Gasteiger partial charge in [0, 0.05) is 38.9 Å². The van der Waals surface area contributed by atoms with Crippen molar-refractivity contribution in [3.05, 3.63) is 0 Å². The minimum absolute atomic E-state index is 0.744. The van der Waals surface area contributed by atoms with Gasteiger partial charge in [-0.15, -0.1) is 0 Å². The molecule has 1 heterocycles. The summed E-state index contributed by atoms with van der Waals surface area (Å²) in [4.78, 5) is 4.95. The van der Waals surface area contributed by atoms with E-state index in [2.05, 4.69) is 29.2 Å². The van der Waals surface area contributed by atoms with Gasteiger partial charge in [-0.1, -0.05) is 0 Å². The number of nitrogens with zero attached hydrogens (tertiary/aromatic N) is 2. The van der Waals surface area contributed by atoms with Gasteiger partial charge in [0.15, 0.2) is 0 Å². The number of likely N-dealkylation sites (N-methyl/N-ethyl adjacent to an activating group) is 2. The van der Waals surface area contributed by atoms with E-state index in [1.54, 1.807) is 0 Å². The summed E-state index contributed by atoms with van der Waals surface area (Å²) in [5.74, 6) is 0. The Morgan fingerprint density at radius 2 is 2.22 bits per heavy atom. The number of piperidine rings is 1. The standard InChI is InChI=1S/C14H31N3O/c1-4-18-12-6-8-15-9-11-17(3)14-7-5-10-16(2)13-14/h14-15H,4-13H2,1-3H3. The molecule has 0 aromatic rings. The number of nitrogens with one attached hydrogen (secondary N) is 1. The fourth-order valence-electron chi connectivity index (χ4n) is 2.51. The van der Waals surface area contributed by atoms with Crippen molar-refractivity contribution in [2.75, 3.05) is 60.0 Å². The van der Waals surface area contributed by atoms with E-state index in [0.29, 0.717) is 0 Å². The fraction of sp³-hybridized carbons (Fsp3) is 1.00. The van der Waals surface area contributed by atoms with Gasteiger partial charge < -0.3 is 19.9 Å². The van der Waals surface area contributed by atoms with Crippen molar-refractivity contribution in [2.24, 2.45) is 0 Å². The molecule has 4 heteroatoms. The Bertz CT molecular complexity index is 201. The number of rotatable bonds is 9. The maximum absolute atomic E-state index is 5.31. The highest BCUT2D eigenvalue weighted by Crippen LogP contribution is 2.12. The summed E-state index contributed by atoms with van der Waals surface area (Å²) in [7, 11) is 4.48. The van der Waals surface area contributed by atoms with Crippen LogP contribution in [0.4, 0.5) is 0 Å². The predicted molar refractivity (Wildman–Crippen MR) is 77.1 cm³/mol. The predicted octanol–water partition coefficient (Wildman–Crippen LogP) is 1.03. The average Bonchev–Trinajstić information content (AvgIpc) is 2.37. The number of likely N-dealkylation sites (tertiary alicyclic amines) is 1. The van der Waals surface area contributed by atoms with Crippen LogP contribution in [0.15, 0.2) is 0 Å². The quantitative estimate of drug-likeness (QED) is 0.624. The molecule has 0 saturated carbocycles. The Morgan fingerprint density at radius 1 is 1.39 bits per heavy atom. The average molecular weight is 257 g/mol. The first-order chi connectivity index (χ1) is 8.74. The molecule has 0 aromatic carbocycles. The number of ether oxygens (including phenoxy) is 1. The molecule has 18 heavy (non-hydrogen) atoms. The van der Waals surface area contributed by atoms with Gasteiger partial charge >= 0.3 is 0 Å². The van der Waals surface area contributed by atoms with Crippen molar-refractivity contribution in [1.29, 1.82) is 0 Å². The Kier molecular flexibility index (Phi) is 8.59. The molecule has 1 aliphatic rings. The summed E-state index contributed by atoms with van der Waals surface area (Å²) in [5, 5.41) is 3.49. The monoisotopic (exact) mass is 257 g/mol. The number of hydrogen-bond acceptors (Lipinski definition) is 4. The lowest BCUT2D eigenvalue weighted by atomic mass is 10.1. The van der Waals surface area contributed by atoms with Gasteiger partial charge in [0.05, 0.1) is 0 Å². The van der Waals surface area contributed by atoms with Crippen LogP contribution < -0.4 is 5.32 Å². The summed E-state index contributed by atoms with van der Waals surface area (Å²) in [6.45, 7) is 9.55. The molecule has 0 amide bonds. The van der Waals surface area contributed by atoms with E-state index in [-0.39, 0.29) is 0 Å². The van der Waals surface area contributed by atoms with E-state index < -0.39 is 0 Å². The molecule has 1 aliphatic heterocycles. The fourth-order valence-corrected chi connectivity index (χ4v) is 2.51. The molecule has 0 bridgehead atoms. The van der Waals surface area contributed by atoms with Gasteiger partial charge in [-0.2, -0.15) is 0 Å². The zero-order valence-electron chi connectivity index (χ0n) is 12.5. The lowest BCUT2D eigenvalue weighted by Gasteiger charge is -2.35. The third-order valence-corrected chi connectivity index (χ3v) is 3.71. The first kappa shape index (κ1) is 15.9. The number of hydrogen-bond donors (Lipinski definition) is 1. The topological polar surface area (TPSA) is 27.7 Å². The minimum Gasteiger partial charge on any atom is -0.382 e. The summed E-state index contributed by atoms with van der Waals surface area (Å²) < 4.78 is 5.31. The summed E-state index contributed by atoms with van der Waals surface area (Å²) >= 11 is 0. The smallest absolute Gasteiger partial charge is 0.0477 e. The molecule has 1 unspecified atom stereocenters. The van der Waals surface area contributed by atoms with Crippen LogP contribution in [0.25, 0.3) is 0 Å². The first-order valence-electron chi connectivity index (χ1n) is 7.41. The molecule has 4 nitrogen and oxygen atoms in total. The van der Waals surface area contributed by atoms with Crippen molar-refractivity contribution in [2.45, 2.75) is 32.2 Å². The van der Waals surface area contributed by atoms with E-state index in [1.807, 2.05) is 6.92 Å². The molecule has 1 atom stereocenters. The van der Waals surface area contributed by atoms with Crippen LogP contribution in [0.5, 0.6) is 0 Å². The van der Waals surface area contributed by atoms with Crippen LogP contribution in [-0.2, 0) is 4.74 Å². The van der Waals surface area contributed by atoms with Crippen LogP contribution in [0.3, 0.4) is 0 Å². The van der Waals surface area contributed by atoms with Crippen LogP contribution in [0.2, 0.25) is 0 Å². The highest BCUT2D eigenvalue weighted by atomic mass is 16.5. The van der Waals surface area contributed by atoms with Gasteiger partial charge in [-0.05, 0) is 53.4 Å². The van der Waals surface area contributed by atoms with Gasteiger partial charge in [0.2, 0.25) is 0 Å². The molecule has 1 rings (SSSR count). The molecule has 108 valence electrons. The van der Waals surface area contributed by atoms with Crippen LogP contribution in [0.1, 0.15) is 26.2 Å². The van der Waals surface area contributed by atoms with Crippen LogP contribution >= 0.6 is 0 Å². The molecule has 1 fully saturated rings. The Morgan fingerprint density at radius 3 is 2.94 bits per heavy atom. The Labute approximate surface area is 113 Å². The van der Waals surface area contributed by atoms with E-state index in [1.165, 1.54) is 25.9 Å². The molecule has 0 spiro atoms. The van der Waals surface area contributed by atoms with Crippen molar-refractivity contribution in [3.8, 4) is 0 Å². The zero-order chi connectivity index (χ0) is 13.2. The Balaban J connectivity index is 1.97. The van der Waals surface area contributed by atoms with Crippen molar-refractivity contribution < 1.29 is 4.74 Å². The molecule has 0 aromatic heterocycles. The van der Waals surface area contributed by atoms with Gasteiger partial charge in [-0.3, -0.25) is 0 Å². The molecular formula is C14H31N3O. The SMILES string of the molecule is CCOCCCNCCN(C)C1CCCN(C)C1. The maximum atomic E-state index is 5.31. The third-order valence-electron chi connectivity index (χ3n) is 3.71. The van der Waals surface area contributed by atoms with E-state index in [9.17, 15) is 0 Å². The molecule has 0 aliphatic carbocycles. The normalized spacial score (nSPS) is 21.7. The van der Waals surface area contributed by atoms with E-state index >= 15 is 0 Å². The highest BCUT2D eigenvalue weighted by Gasteiger charge is 2.20. The lowest BCUT2D eigenvalue weighted by molar-refractivity contribution is 0.133. The maximum Gasteiger partial charge on any atom is 0.0477 e. The second-order valence-corrected chi connectivity index (χ2v) is 5.34. The molecule has 1 saturated heterocycles. The molecule has 0 radical (unpaired) electrons. The highest BCUT2D eigenvalue weighted by molar-refractivity contribution is 4.77. The van der Waals surface area contributed by atoms with Crippen LogP contribution in [0, 0.1) is 0 Å². The zero-order valence-corrected chi connectivity index (χ0v) is 12.5. The second kappa shape index (κ2) is 9.73. The van der Waals surface area contributed by atoms with Crippen LogP contribution in [-0.4, -0.2) is 75.9 Å². The minimum atomic E-state index is 0.744. The van der Waals surface area contributed by atoms with Crippen molar-refractivity contribution in [1.82, 2.24) is 15.1 Å². The van der Waals surface area contributed by atoms with E-state index in [0.717, 1.165) is 45.3 Å². The van der Waals surface area contributed by atoms with E-state index in [4.69, 9.17) is 4.74 Å². The largest absolute Gasteiger partial charge is 0.382 e. The van der Waals surface area contributed by atoms with Gasteiger partial charge in [-0.25, -0.2) is 0 Å². The summed E-state index contributed by atoms with van der Waals surface area (Å²) in [5.41, 5.74) is 0. The van der Waals surface area contributed by atoms with Crippen molar-refractivity contribution >= 4 is 0 Å². The second-order valence-electron chi connectivity index (χ2n) is 5.34. The summed E-state index contributed by atoms with van der Waals surface area (Å²) in [6, 6.07) is 0.744. The lowest BCUT2D eigenvalue weighted by Crippen LogP contribution is -2.46. The van der Waals surface area contributed by atoms with Gasteiger partial charge in [0.1, 0.15) is 0 Å². The molecular weight excluding hydrogens is 226 g/mol. The van der Waals surface area contributed by atoms with Crippen molar-refractivity contribution in [3.63, 3.8) is 0 Å².